The van der Waals surface area contributed by atoms with E-state index in [0.29, 0.717) is 12.1 Å². The summed E-state index contributed by atoms with van der Waals surface area (Å²) >= 11 is 0. The van der Waals surface area contributed by atoms with Crippen molar-refractivity contribution < 1.29 is 0 Å². The molecule has 0 N–H and O–H groups in total. The first-order valence-corrected chi connectivity index (χ1v) is 8.81. The highest BCUT2D eigenvalue weighted by atomic mass is 15.4. The van der Waals surface area contributed by atoms with Crippen LogP contribution in [0.4, 0.5) is 0 Å². The van der Waals surface area contributed by atoms with Gasteiger partial charge in [0.2, 0.25) is 0 Å². The van der Waals surface area contributed by atoms with Crippen LogP contribution in [0.1, 0.15) is 79.1 Å². The van der Waals surface area contributed by atoms with Crippen LogP contribution in [-0.4, -0.2) is 28.0 Å². The van der Waals surface area contributed by atoms with Gasteiger partial charge in [0.15, 0.2) is 0 Å². The smallest absolute Gasteiger partial charge is 0.102 e. The molecule has 0 spiro atoms. The van der Waals surface area contributed by atoms with Crippen LogP contribution < -0.4 is 0 Å². The molecule has 0 amide bonds. The number of rotatable bonds is 2. The fourth-order valence-corrected chi connectivity index (χ4v) is 4.31. The second-order valence-electron chi connectivity index (χ2n) is 7.80. The molecule has 1 unspecified atom stereocenters. The maximum Gasteiger partial charge on any atom is 0.102 e. The molecular formula is C18H32N2. The Morgan fingerprint density at radius 2 is 1.65 bits per heavy atom. The molecule has 1 aliphatic carbocycles. The Kier molecular flexibility index (Phi) is 3.77. The van der Waals surface area contributed by atoms with E-state index in [9.17, 15) is 0 Å². The summed E-state index contributed by atoms with van der Waals surface area (Å²) in [6.07, 6.45) is 11.7. The van der Waals surface area contributed by atoms with Crippen molar-refractivity contribution in [2.45, 2.75) is 90.8 Å². The average molecular weight is 276 g/mol. The number of hydrogen-bond acceptors (Lipinski definition) is 2. The van der Waals surface area contributed by atoms with Crippen LogP contribution in [0.25, 0.3) is 0 Å². The van der Waals surface area contributed by atoms with Gasteiger partial charge in [0.1, 0.15) is 6.17 Å². The molecule has 2 heteroatoms. The van der Waals surface area contributed by atoms with E-state index in [1.54, 1.807) is 11.4 Å². The van der Waals surface area contributed by atoms with Crippen LogP contribution >= 0.6 is 0 Å². The Morgan fingerprint density at radius 1 is 0.950 bits per heavy atom. The summed E-state index contributed by atoms with van der Waals surface area (Å²) in [4.78, 5) is 5.64. The lowest BCUT2D eigenvalue weighted by atomic mass is 9.86. The van der Waals surface area contributed by atoms with Gasteiger partial charge in [-0.2, -0.15) is 0 Å². The molecule has 0 aromatic heterocycles. The largest absolute Gasteiger partial charge is 0.353 e. The molecule has 0 aromatic rings. The van der Waals surface area contributed by atoms with Crippen LogP contribution in [0.2, 0.25) is 0 Å². The molecule has 114 valence electrons. The lowest BCUT2D eigenvalue weighted by Gasteiger charge is -2.47. The minimum atomic E-state index is 0.279. The Morgan fingerprint density at radius 3 is 2.35 bits per heavy atom. The fourth-order valence-electron chi connectivity index (χ4n) is 4.31. The SMILES string of the molecule is CC(C)C(C)(C)N1C2=C(CCCC2)N2CCCCCC21. The molecule has 0 radical (unpaired) electrons. The predicted molar refractivity (Wildman–Crippen MR) is 85.2 cm³/mol. The normalized spacial score (nSPS) is 27.8. The van der Waals surface area contributed by atoms with E-state index in [-0.39, 0.29) is 5.54 Å². The molecule has 1 fully saturated rings. The summed E-state index contributed by atoms with van der Waals surface area (Å²) < 4.78 is 0. The molecule has 1 atom stereocenters. The van der Waals surface area contributed by atoms with Gasteiger partial charge in [-0.1, -0.05) is 20.3 Å². The van der Waals surface area contributed by atoms with E-state index >= 15 is 0 Å². The van der Waals surface area contributed by atoms with E-state index in [4.69, 9.17) is 0 Å². The summed E-state index contributed by atoms with van der Waals surface area (Å²) in [6, 6.07) is 0. The van der Waals surface area contributed by atoms with Gasteiger partial charge in [0.05, 0.1) is 0 Å². The minimum Gasteiger partial charge on any atom is -0.353 e. The molecule has 0 saturated carbocycles. The highest BCUT2D eigenvalue weighted by Gasteiger charge is 2.45. The van der Waals surface area contributed by atoms with Crippen LogP contribution in [0.5, 0.6) is 0 Å². The van der Waals surface area contributed by atoms with E-state index in [1.807, 2.05) is 0 Å². The summed E-state index contributed by atoms with van der Waals surface area (Å²) in [5.41, 5.74) is 3.71. The zero-order chi connectivity index (χ0) is 14.3. The van der Waals surface area contributed by atoms with E-state index < -0.39 is 0 Å². The van der Waals surface area contributed by atoms with Gasteiger partial charge in [0, 0.05) is 23.5 Å². The third-order valence-corrected chi connectivity index (χ3v) is 6.10. The second kappa shape index (κ2) is 5.27. The van der Waals surface area contributed by atoms with Crippen molar-refractivity contribution in [3.8, 4) is 0 Å². The second-order valence-corrected chi connectivity index (χ2v) is 7.80. The van der Waals surface area contributed by atoms with Gasteiger partial charge >= 0.3 is 0 Å². The number of nitrogens with zero attached hydrogens (tertiary/aromatic N) is 2. The van der Waals surface area contributed by atoms with E-state index in [2.05, 4.69) is 37.5 Å². The first-order chi connectivity index (χ1) is 9.53. The van der Waals surface area contributed by atoms with Gasteiger partial charge in [-0.3, -0.25) is 0 Å². The standard InChI is InChI=1S/C18H32N2/c1-14(2)18(3,4)20-16-11-8-7-10-15(16)19-13-9-5-6-12-17(19)20/h14,17H,5-13H2,1-4H3. The maximum atomic E-state index is 2.84. The Bertz CT molecular complexity index is 394. The molecule has 3 aliphatic rings. The molecule has 20 heavy (non-hydrogen) atoms. The third kappa shape index (κ3) is 2.16. The predicted octanol–water partition coefficient (Wildman–Crippen LogP) is 4.72. The van der Waals surface area contributed by atoms with Crippen molar-refractivity contribution >= 4 is 0 Å². The van der Waals surface area contributed by atoms with E-state index in [1.165, 1.54) is 57.9 Å². The minimum absolute atomic E-state index is 0.279. The van der Waals surface area contributed by atoms with Crippen molar-refractivity contribution in [1.29, 1.82) is 0 Å². The van der Waals surface area contributed by atoms with Crippen molar-refractivity contribution in [3.63, 3.8) is 0 Å². The fraction of sp³-hybridized carbons (Fsp3) is 0.889. The zero-order valence-electron chi connectivity index (χ0n) is 13.9. The quantitative estimate of drug-likeness (QED) is 0.720. The molecule has 1 saturated heterocycles. The highest BCUT2D eigenvalue weighted by Crippen LogP contribution is 2.46. The third-order valence-electron chi connectivity index (χ3n) is 6.10. The zero-order valence-corrected chi connectivity index (χ0v) is 13.9. The summed E-state index contributed by atoms with van der Waals surface area (Å²) in [5.74, 6) is 0.696. The van der Waals surface area contributed by atoms with Crippen molar-refractivity contribution in [2.75, 3.05) is 6.54 Å². The lowest BCUT2D eigenvalue weighted by Crippen LogP contribution is -2.53. The average Bonchev–Trinajstić information content (AvgIpc) is 2.57. The van der Waals surface area contributed by atoms with Gasteiger partial charge in [-0.25, -0.2) is 0 Å². The highest BCUT2D eigenvalue weighted by molar-refractivity contribution is 5.25. The lowest BCUT2D eigenvalue weighted by molar-refractivity contribution is 0.0255. The molecule has 2 aliphatic heterocycles. The van der Waals surface area contributed by atoms with Gasteiger partial charge in [0.25, 0.3) is 0 Å². The van der Waals surface area contributed by atoms with Gasteiger partial charge in [-0.15, -0.1) is 0 Å². The Balaban J connectivity index is 1.99. The summed E-state index contributed by atoms with van der Waals surface area (Å²) in [6.45, 7) is 11.0. The first kappa shape index (κ1) is 14.3. The molecule has 2 nitrogen and oxygen atoms in total. The molecule has 0 aromatic carbocycles. The van der Waals surface area contributed by atoms with Crippen molar-refractivity contribution in [1.82, 2.24) is 9.80 Å². The summed E-state index contributed by atoms with van der Waals surface area (Å²) in [7, 11) is 0. The number of hydrogen-bond donors (Lipinski definition) is 0. The molecule has 3 rings (SSSR count). The topological polar surface area (TPSA) is 6.48 Å². The van der Waals surface area contributed by atoms with Gasteiger partial charge in [-0.05, 0) is 64.7 Å². The number of allylic oxidation sites excluding steroid dienone is 2. The summed E-state index contributed by atoms with van der Waals surface area (Å²) in [5, 5.41) is 0. The molecule has 0 bridgehead atoms. The maximum absolute atomic E-state index is 2.84. The molecule has 2 heterocycles. The number of fused-ring (bicyclic) bond motifs is 2. The molecular weight excluding hydrogens is 244 g/mol. The van der Waals surface area contributed by atoms with Crippen molar-refractivity contribution in [3.05, 3.63) is 11.4 Å². The van der Waals surface area contributed by atoms with Gasteiger partial charge < -0.3 is 9.80 Å². The first-order valence-electron chi connectivity index (χ1n) is 8.81. The van der Waals surface area contributed by atoms with E-state index in [0.717, 1.165) is 0 Å². The monoisotopic (exact) mass is 276 g/mol. The Labute approximate surface area is 125 Å². The Hall–Kier alpha value is -0.660. The van der Waals surface area contributed by atoms with Crippen LogP contribution in [0.3, 0.4) is 0 Å². The van der Waals surface area contributed by atoms with Crippen LogP contribution in [0, 0.1) is 5.92 Å². The van der Waals surface area contributed by atoms with Crippen LogP contribution in [0.15, 0.2) is 11.4 Å². The van der Waals surface area contributed by atoms with Crippen LogP contribution in [-0.2, 0) is 0 Å². The van der Waals surface area contributed by atoms with Crippen molar-refractivity contribution in [2.24, 2.45) is 5.92 Å².